The largest absolute Gasteiger partial charge is 0.0851 e. The molecule has 0 N–H and O–H groups in total. The maximum absolute atomic E-state index is 4.07. The van der Waals surface area contributed by atoms with Crippen LogP contribution >= 0.6 is 0 Å². The van der Waals surface area contributed by atoms with Crippen LogP contribution in [0.15, 0.2) is 12.2 Å². The number of allylic oxidation sites excluding steroid dienone is 2. The summed E-state index contributed by atoms with van der Waals surface area (Å²) in [6.07, 6.45) is 7.44. The lowest BCUT2D eigenvalue weighted by molar-refractivity contribution is 0.546. The zero-order valence-corrected chi connectivity index (χ0v) is 5.01. The van der Waals surface area contributed by atoms with E-state index in [4.69, 9.17) is 0 Å². The Morgan fingerprint density at radius 1 is 1.25 bits per heavy atom. The van der Waals surface area contributed by atoms with Crippen molar-refractivity contribution in [2.24, 2.45) is 17.8 Å². The van der Waals surface area contributed by atoms with Crippen LogP contribution in [0, 0.1) is 24.7 Å². The minimum Gasteiger partial charge on any atom is -0.0851 e. The summed E-state index contributed by atoms with van der Waals surface area (Å²) in [6.45, 7) is 4.07. The van der Waals surface area contributed by atoms with Gasteiger partial charge in [0.25, 0.3) is 0 Å². The highest BCUT2D eigenvalue weighted by atomic mass is 14.4. The molecule has 0 saturated heterocycles. The third kappa shape index (κ3) is 0.460. The first kappa shape index (κ1) is 4.60. The lowest BCUT2D eigenvalue weighted by Gasteiger charge is -2.09. The van der Waals surface area contributed by atoms with Crippen molar-refractivity contribution in [1.82, 2.24) is 0 Å². The second-order valence-corrected chi connectivity index (χ2v) is 3.04. The normalized spacial score (nSPS) is 50.9. The van der Waals surface area contributed by atoms with Crippen LogP contribution < -0.4 is 0 Å². The van der Waals surface area contributed by atoms with Crippen molar-refractivity contribution in [2.75, 3.05) is 0 Å². The van der Waals surface area contributed by atoms with Crippen molar-refractivity contribution in [3.8, 4) is 0 Å². The van der Waals surface area contributed by atoms with Gasteiger partial charge in [0.2, 0.25) is 0 Å². The molecule has 0 aromatic carbocycles. The van der Waals surface area contributed by atoms with E-state index in [9.17, 15) is 0 Å². The smallest absolute Gasteiger partial charge is 0.0199 e. The van der Waals surface area contributed by atoms with E-state index in [1.807, 2.05) is 0 Å². The van der Waals surface area contributed by atoms with Gasteiger partial charge in [0, 0.05) is 0 Å². The Bertz CT molecular complexity index is 124. The molecule has 1 radical (unpaired) electrons. The molecule has 0 spiro atoms. The van der Waals surface area contributed by atoms with E-state index in [0.717, 1.165) is 17.8 Å². The number of hydrogen-bond donors (Lipinski definition) is 0. The van der Waals surface area contributed by atoms with Crippen LogP contribution in [0.5, 0.6) is 0 Å². The van der Waals surface area contributed by atoms with Crippen molar-refractivity contribution in [2.45, 2.75) is 12.8 Å². The highest BCUT2D eigenvalue weighted by Gasteiger charge is 2.32. The zero-order valence-electron chi connectivity index (χ0n) is 5.01. The Balaban J connectivity index is 2.23. The summed E-state index contributed by atoms with van der Waals surface area (Å²) in [5, 5.41) is 0. The first-order valence-corrected chi connectivity index (χ1v) is 3.37. The van der Waals surface area contributed by atoms with Gasteiger partial charge in [0.1, 0.15) is 0 Å². The maximum Gasteiger partial charge on any atom is -0.0199 e. The van der Waals surface area contributed by atoms with E-state index < -0.39 is 0 Å². The van der Waals surface area contributed by atoms with Crippen LogP contribution in [-0.4, -0.2) is 0 Å². The molecule has 3 atom stereocenters. The number of rotatable bonds is 0. The second-order valence-electron chi connectivity index (χ2n) is 3.04. The minimum absolute atomic E-state index is 0.741. The Morgan fingerprint density at radius 2 is 2.12 bits per heavy atom. The van der Waals surface area contributed by atoms with E-state index >= 15 is 0 Å². The van der Waals surface area contributed by atoms with Gasteiger partial charge < -0.3 is 0 Å². The van der Waals surface area contributed by atoms with Crippen LogP contribution in [0.3, 0.4) is 0 Å². The molecule has 2 aliphatic carbocycles. The van der Waals surface area contributed by atoms with E-state index in [1.54, 1.807) is 0 Å². The monoisotopic (exact) mass is 107 g/mol. The highest BCUT2D eigenvalue weighted by Crippen LogP contribution is 2.42. The van der Waals surface area contributed by atoms with Gasteiger partial charge in [0.15, 0.2) is 0 Å². The molecule has 1 saturated carbocycles. The summed E-state index contributed by atoms with van der Waals surface area (Å²) in [5.74, 6) is 2.49. The summed E-state index contributed by atoms with van der Waals surface area (Å²) in [5.41, 5.74) is 0. The molecule has 0 amide bonds. The Kier molecular flexibility index (Phi) is 0.787. The van der Waals surface area contributed by atoms with E-state index in [-0.39, 0.29) is 0 Å². The van der Waals surface area contributed by atoms with E-state index in [1.165, 1.54) is 12.8 Å². The van der Waals surface area contributed by atoms with Crippen LogP contribution in [-0.2, 0) is 0 Å². The molecule has 0 nitrogen and oxygen atoms in total. The first-order valence-electron chi connectivity index (χ1n) is 3.37. The van der Waals surface area contributed by atoms with Gasteiger partial charge in [-0.05, 0) is 37.5 Å². The van der Waals surface area contributed by atoms with Crippen LogP contribution in [0.1, 0.15) is 12.8 Å². The van der Waals surface area contributed by atoms with E-state index in [2.05, 4.69) is 19.1 Å². The van der Waals surface area contributed by atoms with Crippen molar-refractivity contribution in [3.63, 3.8) is 0 Å². The SMILES string of the molecule is [CH2][C@H]1C[C@@H]2C=C[C@H]1C2. The second kappa shape index (κ2) is 1.37. The number of fused-ring (bicyclic) bond motifs is 2. The van der Waals surface area contributed by atoms with Gasteiger partial charge in [-0.15, -0.1) is 0 Å². The average molecular weight is 107 g/mol. The summed E-state index contributed by atoms with van der Waals surface area (Å²) in [7, 11) is 0. The molecule has 0 aromatic heterocycles. The Labute approximate surface area is 50.6 Å². The summed E-state index contributed by atoms with van der Waals surface area (Å²) in [6, 6.07) is 0. The molecule has 0 heterocycles. The van der Waals surface area contributed by atoms with Gasteiger partial charge >= 0.3 is 0 Å². The minimum atomic E-state index is 0.741. The highest BCUT2D eigenvalue weighted by molar-refractivity contribution is 5.10. The zero-order chi connectivity index (χ0) is 5.56. The Hall–Kier alpha value is -0.260. The van der Waals surface area contributed by atoms with Crippen LogP contribution in [0.2, 0.25) is 0 Å². The standard InChI is InChI=1S/C8H11/c1-6-4-7-2-3-8(6)5-7/h2-3,6-8H,1,4-5H2/t6-,7-,8-/m0/s1. The fourth-order valence-electron chi connectivity index (χ4n) is 1.89. The molecular formula is C8H11. The molecule has 2 rings (SSSR count). The fourth-order valence-corrected chi connectivity index (χ4v) is 1.89. The van der Waals surface area contributed by atoms with Crippen molar-refractivity contribution < 1.29 is 0 Å². The van der Waals surface area contributed by atoms with Crippen molar-refractivity contribution in [3.05, 3.63) is 19.1 Å². The summed E-state index contributed by atoms with van der Waals surface area (Å²) in [4.78, 5) is 0. The summed E-state index contributed by atoms with van der Waals surface area (Å²) < 4.78 is 0. The van der Waals surface area contributed by atoms with Gasteiger partial charge in [-0.2, -0.15) is 0 Å². The fraction of sp³-hybridized carbons (Fsp3) is 0.625. The molecule has 8 heavy (non-hydrogen) atoms. The molecule has 0 unspecified atom stereocenters. The topological polar surface area (TPSA) is 0 Å². The predicted octanol–water partition coefficient (Wildman–Crippen LogP) is 2.03. The average Bonchev–Trinajstić information content (AvgIpc) is 2.23. The molecule has 2 bridgehead atoms. The third-order valence-electron chi connectivity index (χ3n) is 2.42. The predicted molar refractivity (Wildman–Crippen MR) is 34.2 cm³/mol. The molecular weight excluding hydrogens is 96.1 g/mol. The van der Waals surface area contributed by atoms with Crippen molar-refractivity contribution in [1.29, 1.82) is 0 Å². The molecule has 2 aliphatic rings. The molecule has 0 aromatic rings. The van der Waals surface area contributed by atoms with Gasteiger partial charge in [-0.3, -0.25) is 0 Å². The van der Waals surface area contributed by atoms with E-state index in [0.29, 0.717) is 0 Å². The van der Waals surface area contributed by atoms with Crippen LogP contribution in [0.4, 0.5) is 0 Å². The first-order chi connectivity index (χ1) is 3.86. The maximum atomic E-state index is 4.07. The number of hydrogen-bond acceptors (Lipinski definition) is 0. The summed E-state index contributed by atoms with van der Waals surface area (Å²) >= 11 is 0. The molecule has 1 fully saturated rings. The molecule has 0 heteroatoms. The Morgan fingerprint density at radius 3 is 2.38 bits per heavy atom. The van der Waals surface area contributed by atoms with Gasteiger partial charge in [-0.25, -0.2) is 0 Å². The van der Waals surface area contributed by atoms with Crippen LogP contribution in [0.25, 0.3) is 0 Å². The molecule has 0 aliphatic heterocycles. The third-order valence-corrected chi connectivity index (χ3v) is 2.42. The lowest BCUT2D eigenvalue weighted by Crippen LogP contribution is -2.00. The quantitative estimate of drug-likeness (QED) is 0.415. The van der Waals surface area contributed by atoms with Crippen molar-refractivity contribution >= 4 is 0 Å². The lowest BCUT2D eigenvalue weighted by atomic mass is 9.96. The van der Waals surface area contributed by atoms with Gasteiger partial charge in [-0.1, -0.05) is 12.2 Å². The molecule has 43 valence electrons. The van der Waals surface area contributed by atoms with Gasteiger partial charge in [0.05, 0.1) is 0 Å².